The Morgan fingerprint density at radius 3 is 2.56 bits per heavy atom. The maximum Gasteiger partial charge on any atom is 0.323 e. The van der Waals surface area contributed by atoms with Crippen molar-refractivity contribution >= 4 is 32.7 Å². The summed E-state index contributed by atoms with van der Waals surface area (Å²) in [5.74, 6) is 0.253. The van der Waals surface area contributed by atoms with Crippen molar-refractivity contribution in [3.8, 4) is 0 Å². The van der Waals surface area contributed by atoms with E-state index in [0.29, 0.717) is 22.5 Å². The smallest absolute Gasteiger partial charge is 0.323 e. The summed E-state index contributed by atoms with van der Waals surface area (Å²) in [6, 6.07) is 10.6. The van der Waals surface area contributed by atoms with Gasteiger partial charge in [-0.3, -0.25) is 9.52 Å². The topological polar surface area (TPSA) is 141 Å². The van der Waals surface area contributed by atoms with Crippen molar-refractivity contribution in [3.63, 3.8) is 0 Å². The molecule has 1 amide bonds. The number of imidazole rings is 1. The van der Waals surface area contributed by atoms with E-state index in [-0.39, 0.29) is 28.6 Å². The number of H-pyrrole nitrogens is 2. The van der Waals surface area contributed by atoms with Crippen LogP contribution in [0.5, 0.6) is 0 Å². The maximum absolute atomic E-state index is 13.1. The molecule has 2 heterocycles. The third kappa shape index (κ3) is 4.02. The number of aryl methyl sites for hydroxylation is 2. The van der Waals surface area contributed by atoms with E-state index in [2.05, 4.69) is 19.8 Å². The number of nitrogens with one attached hydrogen (secondary N) is 3. The molecule has 0 atom stereocenters. The van der Waals surface area contributed by atoms with E-state index < -0.39 is 15.7 Å². The lowest BCUT2D eigenvalue weighted by atomic mass is 10.1. The standard InChI is InChI=1S/C21H21N5O5S/c1-12-16(13(2)31-24-12)11-26(3)20(27)15-6-4-5-7-17(15)25-32(29,30)14-8-9-18-19(10-14)23-21(28)22-18/h4-10,25H,11H2,1-3H3,(H2,22,23,28). The van der Waals surface area contributed by atoms with Gasteiger partial charge in [-0.15, -0.1) is 0 Å². The van der Waals surface area contributed by atoms with Gasteiger partial charge in [0.25, 0.3) is 15.9 Å². The number of aromatic nitrogens is 3. The van der Waals surface area contributed by atoms with E-state index in [1.54, 1.807) is 39.1 Å². The Morgan fingerprint density at radius 2 is 1.84 bits per heavy atom. The third-order valence-electron chi connectivity index (χ3n) is 5.12. The molecule has 0 aliphatic carbocycles. The first-order chi connectivity index (χ1) is 15.2. The minimum Gasteiger partial charge on any atom is -0.361 e. The molecule has 166 valence electrons. The third-order valence-corrected chi connectivity index (χ3v) is 6.49. The van der Waals surface area contributed by atoms with Gasteiger partial charge < -0.3 is 19.4 Å². The van der Waals surface area contributed by atoms with E-state index in [4.69, 9.17) is 4.52 Å². The molecule has 0 fully saturated rings. The molecule has 0 bridgehead atoms. The maximum atomic E-state index is 13.1. The fraction of sp³-hybridized carbons (Fsp3) is 0.190. The molecule has 2 aromatic carbocycles. The summed E-state index contributed by atoms with van der Waals surface area (Å²) in [6.45, 7) is 3.82. The fourth-order valence-corrected chi connectivity index (χ4v) is 4.49. The Balaban J connectivity index is 1.62. The Bertz CT molecular complexity index is 1460. The summed E-state index contributed by atoms with van der Waals surface area (Å²) in [6.07, 6.45) is 0. The minimum atomic E-state index is -4.02. The van der Waals surface area contributed by atoms with Crippen molar-refractivity contribution in [3.05, 3.63) is 75.5 Å². The lowest BCUT2D eigenvalue weighted by molar-refractivity contribution is 0.0785. The quantitative estimate of drug-likeness (QED) is 0.408. The molecule has 0 spiro atoms. The Morgan fingerprint density at radius 1 is 1.12 bits per heavy atom. The van der Waals surface area contributed by atoms with Crippen LogP contribution in [0, 0.1) is 13.8 Å². The zero-order valence-electron chi connectivity index (χ0n) is 17.6. The van der Waals surface area contributed by atoms with Gasteiger partial charge >= 0.3 is 5.69 Å². The van der Waals surface area contributed by atoms with Crippen molar-refractivity contribution in [1.29, 1.82) is 0 Å². The van der Waals surface area contributed by atoms with Gasteiger partial charge in [-0.2, -0.15) is 0 Å². The van der Waals surface area contributed by atoms with Gasteiger partial charge in [0.15, 0.2) is 0 Å². The van der Waals surface area contributed by atoms with Gasteiger partial charge in [-0.05, 0) is 44.2 Å². The summed E-state index contributed by atoms with van der Waals surface area (Å²) < 4.78 is 33.6. The molecular formula is C21H21N5O5S. The first-order valence-electron chi connectivity index (χ1n) is 9.67. The molecule has 0 unspecified atom stereocenters. The lowest BCUT2D eigenvalue weighted by Crippen LogP contribution is -2.28. The van der Waals surface area contributed by atoms with Crippen LogP contribution in [0.1, 0.15) is 27.4 Å². The van der Waals surface area contributed by atoms with Crippen LogP contribution < -0.4 is 10.4 Å². The van der Waals surface area contributed by atoms with E-state index >= 15 is 0 Å². The first-order valence-corrected chi connectivity index (χ1v) is 11.1. The minimum absolute atomic E-state index is 0.0495. The van der Waals surface area contributed by atoms with E-state index in [1.807, 2.05) is 0 Å². The highest BCUT2D eigenvalue weighted by Gasteiger charge is 2.22. The van der Waals surface area contributed by atoms with Gasteiger partial charge in [0.1, 0.15) is 5.76 Å². The summed E-state index contributed by atoms with van der Waals surface area (Å²) in [5, 5.41) is 3.90. The second kappa shape index (κ2) is 8.00. The molecule has 10 nitrogen and oxygen atoms in total. The van der Waals surface area contributed by atoms with Gasteiger partial charge in [0.05, 0.1) is 39.4 Å². The molecule has 0 saturated carbocycles. The van der Waals surface area contributed by atoms with Gasteiger partial charge in [0.2, 0.25) is 0 Å². The van der Waals surface area contributed by atoms with E-state index in [9.17, 15) is 18.0 Å². The van der Waals surface area contributed by atoms with Crippen LogP contribution in [0.3, 0.4) is 0 Å². The molecule has 0 radical (unpaired) electrons. The van der Waals surface area contributed by atoms with Crippen molar-refractivity contribution < 1.29 is 17.7 Å². The molecule has 32 heavy (non-hydrogen) atoms. The fourth-order valence-electron chi connectivity index (χ4n) is 3.38. The molecular weight excluding hydrogens is 434 g/mol. The number of amides is 1. The molecule has 4 rings (SSSR count). The number of anilines is 1. The van der Waals surface area contributed by atoms with Crippen molar-refractivity contribution in [2.45, 2.75) is 25.3 Å². The van der Waals surface area contributed by atoms with Crippen LogP contribution in [0.2, 0.25) is 0 Å². The summed E-state index contributed by atoms with van der Waals surface area (Å²) >= 11 is 0. The van der Waals surface area contributed by atoms with Crippen LogP contribution in [-0.2, 0) is 16.6 Å². The highest BCUT2D eigenvalue weighted by molar-refractivity contribution is 7.92. The second-order valence-electron chi connectivity index (χ2n) is 7.40. The lowest BCUT2D eigenvalue weighted by Gasteiger charge is -2.19. The average Bonchev–Trinajstić information content (AvgIpc) is 3.28. The van der Waals surface area contributed by atoms with Crippen LogP contribution in [0.25, 0.3) is 11.0 Å². The number of hydrogen-bond donors (Lipinski definition) is 3. The van der Waals surface area contributed by atoms with Crippen LogP contribution in [-0.4, -0.2) is 41.4 Å². The largest absolute Gasteiger partial charge is 0.361 e. The number of benzene rings is 2. The highest BCUT2D eigenvalue weighted by Crippen LogP contribution is 2.24. The molecule has 0 saturated heterocycles. The van der Waals surface area contributed by atoms with Crippen LogP contribution in [0.4, 0.5) is 5.69 Å². The Hall–Kier alpha value is -3.86. The van der Waals surface area contributed by atoms with Crippen molar-refractivity contribution in [2.24, 2.45) is 0 Å². The number of hydrogen-bond acceptors (Lipinski definition) is 6. The highest BCUT2D eigenvalue weighted by atomic mass is 32.2. The van der Waals surface area contributed by atoms with Gasteiger partial charge in [-0.25, -0.2) is 13.2 Å². The van der Waals surface area contributed by atoms with Crippen molar-refractivity contribution in [1.82, 2.24) is 20.0 Å². The average molecular weight is 455 g/mol. The monoisotopic (exact) mass is 455 g/mol. The number of para-hydroxylation sites is 1. The number of nitrogens with zero attached hydrogens (tertiary/aromatic N) is 2. The summed E-state index contributed by atoms with van der Waals surface area (Å²) in [4.78, 5) is 31.1. The van der Waals surface area contributed by atoms with Gasteiger partial charge in [0, 0.05) is 12.6 Å². The number of aromatic amines is 2. The molecule has 3 N–H and O–H groups in total. The van der Waals surface area contributed by atoms with E-state index in [1.165, 1.54) is 29.2 Å². The Labute approximate surface area is 183 Å². The second-order valence-corrected chi connectivity index (χ2v) is 9.08. The molecule has 2 aromatic heterocycles. The number of fused-ring (bicyclic) bond motifs is 1. The molecule has 11 heteroatoms. The molecule has 4 aromatic rings. The summed E-state index contributed by atoms with van der Waals surface area (Å²) in [5.41, 5.74) is 2.25. The first kappa shape index (κ1) is 21.4. The molecule has 0 aliphatic rings. The number of carbonyl (C=O) groups is 1. The van der Waals surface area contributed by atoms with Crippen LogP contribution >= 0.6 is 0 Å². The van der Waals surface area contributed by atoms with Crippen LogP contribution in [0.15, 0.2) is 56.7 Å². The van der Waals surface area contributed by atoms with Gasteiger partial charge in [-0.1, -0.05) is 17.3 Å². The number of carbonyl (C=O) groups excluding carboxylic acids is 1. The number of rotatable bonds is 6. The molecule has 0 aliphatic heterocycles. The predicted molar refractivity (Wildman–Crippen MR) is 118 cm³/mol. The predicted octanol–water partition coefficient (Wildman–Crippen LogP) is 2.53. The number of sulfonamides is 1. The normalized spacial score (nSPS) is 11.6. The zero-order valence-corrected chi connectivity index (χ0v) is 18.4. The Kier molecular flexibility index (Phi) is 5.35. The SMILES string of the molecule is Cc1noc(C)c1CN(C)C(=O)c1ccccc1NS(=O)(=O)c1ccc2[nH]c(=O)[nH]c2c1. The zero-order chi connectivity index (χ0) is 23.0. The summed E-state index contributed by atoms with van der Waals surface area (Å²) in [7, 11) is -2.40. The van der Waals surface area contributed by atoms with E-state index in [0.717, 1.165) is 5.56 Å². The van der Waals surface area contributed by atoms with Crippen molar-refractivity contribution in [2.75, 3.05) is 11.8 Å².